The molecule has 0 heterocycles. The van der Waals surface area contributed by atoms with Gasteiger partial charge in [0.15, 0.2) is 0 Å². The third-order valence-corrected chi connectivity index (χ3v) is 2.27. The van der Waals surface area contributed by atoms with Crippen LogP contribution in [0.4, 0.5) is 0 Å². The molecule has 0 aliphatic heterocycles. The first-order valence-corrected chi connectivity index (χ1v) is 3.43. The normalized spacial score (nSPS) is 43.0. The van der Waals surface area contributed by atoms with E-state index >= 15 is 0 Å². The number of rotatable bonds is 1. The van der Waals surface area contributed by atoms with Crippen molar-refractivity contribution in [3.63, 3.8) is 0 Å². The van der Waals surface area contributed by atoms with Gasteiger partial charge >= 0.3 is 0 Å². The van der Waals surface area contributed by atoms with Crippen LogP contribution in [-0.2, 0) is 0 Å². The third-order valence-electron chi connectivity index (χ3n) is 2.27. The molecule has 9 heavy (non-hydrogen) atoms. The third kappa shape index (κ3) is 1.10. The first-order chi connectivity index (χ1) is 4.04. The molecule has 0 bridgehead atoms. The topological polar surface area (TPSA) is 23.5 Å². The van der Waals surface area contributed by atoms with Gasteiger partial charge in [0.25, 0.3) is 0 Å². The first kappa shape index (κ1) is 7.03. The van der Waals surface area contributed by atoms with E-state index in [2.05, 4.69) is 4.90 Å². The first-order valence-electron chi connectivity index (χ1n) is 3.43. The average Bonchev–Trinajstić information content (AvgIpc) is 1.62. The van der Waals surface area contributed by atoms with Crippen LogP contribution in [0.3, 0.4) is 0 Å². The number of aliphatic hydroxyl groups is 1. The molecule has 1 N–H and O–H groups in total. The van der Waals surface area contributed by atoms with Crippen LogP contribution in [0.5, 0.6) is 0 Å². The fraction of sp³-hybridized carbons (Fsp3) is 1.00. The lowest BCUT2D eigenvalue weighted by atomic mass is 9.76. The standard InChI is InChI=1S/C7H15NO/c1-7(9)5-4-6(7)8(2)3/h6,9H,4-5H2,1-3H3/t6-,7-/m0/s1. The quantitative estimate of drug-likeness (QED) is 0.556. The molecule has 1 rings (SSSR count). The molecule has 54 valence electrons. The van der Waals surface area contributed by atoms with Gasteiger partial charge in [-0.25, -0.2) is 0 Å². The van der Waals surface area contributed by atoms with E-state index in [0.29, 0.717) is 6.04 Å². The predicted molar refractivity (Wildman–Crippen MR) is 37.3 cm³/mol. The second kappa shape index (κ2) is 1.96. The molecule has 0 radical (unpaired) electrons. The summed E-state index contributed by atoms with van der Waals surface area (Å²) in [6.07, 6.45) is 2.09. The molecule has 0 amide bonds. The summed E-state index contributed by atoms with van der Waals surface area (Å²) in [5.41, 5.74) is -0.413. The Bertz CT molecular complexity index is 109. The molecule has 0 aromatic heterocycles. The molecule has 2 heteroatoms. The molecule has 0 unspecified atom stereocenters. The van der Waals surface area contributed by atoms with E-state index in [9.17, 15) is 5.11 Å². The van der Waals surface area contributed by atoms with E-state index in [1.807, 2.05) is 21.0 Å². The van der Waals surface area contributed by atoms with E-state index < -0.39 is 5.60 Å². The van der Waals surface area contributed by atoms with E-state index in [1.54, 1.807) is 0 Å². The van der Waals surface area contributed by atoms with Crippen molar-refractivity contribution >= 4 is 0 Å². The van der Waals surface area contributed by atoms with Crippen LogP contribution in [0.2, 0.25) is 0 Å². The Morgan fingerprint density at radius 3 is 2.11 bits per heavy atom. The SMILES string of the molecule is CN(C)[C@H]1CC[C@]1(C)O. The summed E-state index contributed by atoms with van der Waals surface area (Å²) in [5.74, 6) is 0. The molecule has 0 saturated heterocycles. The Labute approximate surface area is 56.5 Å². The summed E-state index contributed by atoms with van der Waals surface area (Å²) in [4.78, 5) is 2.09. The van der Waals surface area contributed by atoms with Crippen molar-refractivity contribution in [3.05, 3.63) is 0 Å². The van der Waals surface area contributed by atoms with Gasteiger partial charge in [-0.1, -0.05) is 0 Å². The van der Waals surface area contributed by atoms with Gasteiger partial charge in [0.05, 0.1) is 5.60 Å². The van der Waals surface area contributed by atoms with Crippen LogP contribution in [0.15, 0.2) is 0 Å². The van der Waals surface area contributed by atoms with Crippen LogP contribution in [0.1, 0.15) is 19.8 Å². The molecule has 1 fully saturated rings. The highest BCUT2D eigenvalue weighted by Gasteiger charge is 2.41. The van der Waals surface area contributed by atoms with Gasteiger partial charge in [0.1, 0.15) is 0 Å². The molecule has 0 spiro atoms. The van der Waals surface area contributed by atoms with Gasteiger partial charge < -0.3 is 10.0 Å². The summed E-state index contributed by atoms with van der Waals surface area (Å²) in [6.45, 7) is 1.90. The van der Waals surface area contributed by atoms with Crippen LogP contribution >= 0.6 is 0 Å². The molecule has 1 saturated carbocycles. The van der Waals surface area contributed by atoms with Gasteiger partial charge in [-0.05, 0) is 33.9 Å². The zero-order valence-corrected chi connectivity index (χ0v) is 6.39. The maximum absolute atomic E-state index is 9.50. The highest BCUT2D eigenvalue weighted by Crippen LogP contribution is 2.34. The van der Waals surface area contributed by atoms with E-state index in [-0.39, 0.29) is 0 Å². The lowest BCUT2D eigenvalue weighted by molar-refractivity contribution is -0.0889. The van der Waals surface area contributed by atoms with Crippen molar-refractivity contribution in [1.29, 1.82) is 0 Å². The number of likely N-dealkylation sites (N-methyl/N-ethyl adjacent to an activating group) is 1. The molecule has 2 atom stereocenters. The van der Waals surface area contributed by atoms with E-state index in [4.69, 9.17) is 0 Å². The Morgan fingerprint density at radius 2 is 2.11 bits per heavy atom. The molecular weight excluding hydrogens is 114 g/mol. The largest absolute Gasteiger partial charge is 0.389 e. The van der Waals surface area contributed by atoms with Crippen LogP contribution < -0.4 is 0 Å². The van der Waals surface area contributed by atoms with Crippen molar-refractivity contribution in [1.82, 2.24) is 4.90 Å². The Morgan fingerprint density at radius 1 is 1.56 bits per heavy atom. The van der Waals surface area contributed by atoms with E-state index in [0.717, 1.165) is 12.8 Å². The Hall–Kier alpha value is -0.0800. The highest BCUT2D eigenvalue weighted by molar-refractivity contribution is 4.97. The second-order valence-corrected chi connectivity index (χ2v) is 3.38. The number of hydrogen-bond donors (Lipinski definition) is 1. The fourth-order valence-electron chi connectivity index (χ4n) is 1.51. The molecular formula is C7H15NO. The monoisotopic (exact) mass is 129 g/mol. The molecule has 1 aliphatic rings. The second-order valence-electron chi connectivity index (χ2n) is 3.38. The maximum Gasteiger partial charge on any atom is 0.0774 e. The minimum atomic E-state index is -0.413. The average molecular weight is 129 g/mol. The summed E-state index contributed by atoms with van der Waals surface area (Å²) in [7, 11) is 4.02. The highest BCUT2D eigenvalue weighted by atomic mass is 16.3. The van der Waals surface area contributed by atoms with E-state index in [1.165, 1.54) is 0 Å². The smallest absolute Gasteiger partial charge is 0.0774 e. The Balaban J connectivity index is 2.45. The van der Waals surface area contributed by atoms with Gasteiger partial charge in [-0.2, -0.15) is 0 Å². The Kier molecular flexibility index (Phi) is 1.53. The van der Waals surface area contributed by atoms with Gasteiger partial charge in [0, 0.05) is 6.04 Å². The number of nitrogens with zero attached hydrogens (tertiary/aromatic N) is 1. The summed E-state index contributed by atoms with van der Waals surface area (Å²) >= 11 is 0. The van der Waals surface area contributed by atoms with Crippen molar-refractivity contribution in [2.75, 3.05) is 14.1 Å². The van der Waals surface area contributed by atoms with Gasteiger partial charge in [0.2, 0.25) is 0 Å². The summed E-state index contributed by atoms with van der Waals surface area (Å²) in [5, 5.41) is 9.50. The maximum atomic E-state index is 9.50. The summed E-state index contributed by atoms with van der Waals surface area (Å²) in [6, 6.07) is 0.387. The van der Waals surface area contributed by atoms with Gasteiger partial charge in [-0.15, -0.1) is 0 Å². The van der Waals surface area contributed by atoms with Gasteiger partial charge in [-0.3, -0.25) is 0 Å². The predicted octanol–water partition coefficient (Wildman–Crippen LogP) is 0.461. The molecule has 2 nitrogen and oxygen atoms in total. The lowest BCUT2D eigenvalue weighted by Crippen LogP contribution is -2.56. The minimum Gasteiger partial charge on any atom is -0.389 e. The number of hydrogen-bond acceptors (Lipinski definition) is 2. The fourth-order valence-corrected chi connectivity index (χ4v) is 1.51. The zero-order valence-electron chi connectivity index (χ0n) is 6.39. The van der Waals surface area contributed by atoms with Crippen LogP contribution in [-0.4, -0.2) is 35.7 Å². The van der Waals surface area contributed by atoms with Crippen molar-refractivity contribution < 1.29 is 5.11 Å². The minimum absolute atomic E-state index is 0.387. The lowest BCUT2D eigenvalue weighted by Gasteiger charge is -2.46. The summed E-state index contributed by atoms with van der Waals surface area (Å²) < 4.78 is 0. The van der Waals surface area contributed by atoms with Crippen LogP contribution in [0.25, 0.3) is 0 Å². The van der Waals surface area contributed by atoms with Crippen molar-refractivity contribution in [3.8, 4) is 0 Å². The molecule has 0 aromatic carbocycles. The van der Waals surface area contributed by atoms with Crippen molar-refractivity contribution in [2.45, 2.75) is 31.4 Å². The molecule has 0 aromatic rings. The zero-order chi connectivity index (χ0) is 7.07. The molecule has 1 aliphatic carbocycles. The van der Waals surface area contributed by atoms with Crippen molar-refractivity contribution in [2.24, 2.45) is 0 Å². The van der Waals surface area contributed by atoms with Crippen LogP contribution in [0, 0.1) is 0 Å².